The molecule has 2 aromatic carbocycles. The van der Waals surface area contributed by atoms with Gasteiger partial charge in [-0.15, -0.1) is 0 Å². The molecule has 5 amide bonds. The van der Waals surface area contributed by atoms with Gasteiger partial charge in [-0.2, -0.15) is 0 Å². The molecule has 4 N–H and O–H groups in total. The first-order valence-electron chi connectivity index (χ1n) is 9.68. The number of carbonyl (C=O) groups excluding carboxylic acids is 5. The van der Waals surface area contributed by atoms with Crippen LogP contribution in [0.3, 0.4) is 0 Å². The quantitative estimate of drug-likeness (QED) is 0.486. The fraction of sp³-hybridized carbons (Fsp3) is 0.227. The van der Waals surface area contributed by atoms with Crippen molar-refractivity contribution < 1.29 is 28.7 Å². The molecule has 2 aromatic rings. The molecule has 0 fully saturated rings. The molecular weight excluding hydrogens is 416 g/mol. The fourth-order valence-corrected chi connectivity index (χ4v) is 2.61. The van der Waals surface area contributed by atoms with Crippen molar-refractivity contribution in [3.05, 3.63) is 59.7 Å². The van der Waals surface area contributed by atoms with Gasteiger partial charge < -0.3 is 20.7 Å². The van der Waals surface area contributed by atoms with Gasteiger partial charge in [0.1, 0.15) is 0 Å². The number of esters is 1. The molecule has 1 atom stereocenters. The number of anilines is 2. The van der Waals surface area contributed by atoms with E-state index >= 15 is 0 Å². The molecule has 0 spiro atoms. The van der Waals surface area contributed by atoms with Crippen molar-refractivity contribution >= 4 is 41.1 Å². The van der Waals surface area contributed by atoms with Gasteiger partial charge in [0, 0.05) is 31.8 Å². The van der Waals surface area contributed by atoms with Gasteiger partial charge in [-0.1, -0.05) is 30.3 Å². The molecule has 32 heavy (non-hydrogen) atoms. The van der Waals surface area contributed by atoms with Crippen LogP contribution in [0.4, 0.5) is 16.2 Å². The van der Waals surface area contributed by atoms with Crippen LogP contribution in [0.25, 0.3) is 0 Å². The summed E-state index contributed by atoms with van der Waals surface area (Å²) in [5.41, 5.74) is 1.36. The van der Waals surface area contributed by atoms with E-state index < -0.39 is 24.0 Å². The highest BCUT2D eigenvalue weighted by atomic mass is 16.5. The molecule has 0 unspecified atom stereocenters. The van der Waals surface area contributed by atoms with Crippen LogP contribution in [0.5, 0.6) is 0 Å². The van der Waals surface area contributed by atoms with E-state index in [0.717, 1.165) is 5.56 Å². The van der Waals surface area contributed by atoms with Crippen LogP contribution in [0, 0.1) is 0 Å². The Hall–Kier alpha value is -4.21. The third-order valence-electron chi connectivity index (χ3n) is 4.00. The Morgan fingerprint density at radius 1 is 0.875 bits per heavy atom. The van der Waals surface area contributed by atoms with Crippen molar-refractivity contribution in [2.45, 2.75) is 33.4 Å². The van der Waals surface area contributed by atoms with E-state index in [1.54, 1.807) is 0 Å². The first-order valence-corrected chi connectivity index (χ1v) is 9.68. The summed E-state index contributed by atoms with van der Waals surface area (Å²) in [4.78, 5) is 59.3. The molecule has 0 aromatic heterocycles. The summed E-state index contributed by atoms with van der Waals surface area (Å²) in [7, 11) is 0. The van der Waals surface area contributed by atoms with Gasteiger partial charge in [-0.3, -0.25) is 19.7 Å². The van der Waals surface area contributed by atoms with Crippen molar-refractivity contribution in [3.8, 4) is 0 Å². The molecule has 0 aliphatic heterocycles. The monoisotopic (exact) mass is 440 g/mol. The number of amides is 5. The maximum absolute atomic E-state index is 12.5. The number of carbonyl (C=O) groups is 5. The Morgan fingerprint density at radius 3 is 1.97 bits per heavy atom. The number of ether oxygens (including phenoxy) is 1. The number of urea groups is 1. The second-order valence-corrected chi connectivity index (χ2v) is 6.87. The van der Waals surface area contributed by atoms with E-state index in [1.165, 1.54) is 39.0 Å². The van der Waals surface area contributed by atoms with Crippen molar-refractivity contribution in [2.75, 3.05) is 10.6 Å². The molecular formula is C22H24N4O6. The van der Waals surface area contributed by atoms with Crippen LogP contribution in [0.15, 0.2) is 48.5 Å². The minimum atomic E-state index is -1.28. The molecule has 0 aliphatic rings. The maximum Gasteiger partial charge on any atom is 0.339 e. The van der Waals surface area contributed by atoms with E-state index in [-0.39, 0.29) is 35.3 Å². The summed E-state index contributed by atoms with van der Waals surface area (Å²) in [5.74, 6) is -2.45. The van der Waals surface area contributed by atoms with Gasteiger partial charge in [0.25, 0.3) is 5.91 Å². The number of nitrogens with one attached hydrogen (secondary N) is 4. The topological polar surface area (TPSA) is 143 Å². The van der Waals surface area contributed by atoms with E-state index in [0.29, 0.717) is 0 Å². The lowest BCUT2D eigenvalue weighted by atomic mass is 10.1. The number of rotatable bonds is 7. The summed E-state index contributed by atoms with van der Waals surface area (Å²) in [6.07, 6.45) is -1.28. The number of imide groups is 1. The highest BCUT2D eigenvalue weighted by Crippen LogP contribution is 2.20. The third-order valence-corrected chi connectivity index (χ3v) is 4.00. The molecule has 0 radical (unpaired) electrons. The van der Waals surface area contributed by atoms with Crippen LogP contribution in [0.1, 0.15) is 36.7 Å². The van der Waals surface area contributed by atoms with Crippen LogP contribution < -0.4 is 21.3 Å². The second-order valence-electron chi connectivity index (χ2n) is 6.87. The lowest BCUT2D eigenvalue weighted by Gasteiger charge is -2.15. The number of hydrogen-bond donors (Lipinski definition) is 4. The minimum Gasteiger partial charge on any atom is -0.449 e. The van der Waals surface area contributed by atoms with Gasteiger partial charge in [-0.05, 0) is 30.7 Å². The SMILES string of the molecule is CC(=O)Nc1cc(NC(C)=O)cc(C(=O)O[C@@H](C)C(=O)NC(=O)NCc2ccccc2)c1. The molecule has 0 bridgehead atoms. The van der Waals surface area contributed by atoms with Gasteiger partial charge in [-0.25, -0.2) is 9.59 Å². The predicted molar refractivity (Wildman–Crippen MR) is 117 cm³/mol. The highest BCUT2D eigenvalue weighted by molar-refractivity contribution is 6.00. The second kappa shape index (κ2) is 11.3. The van der Waals surface area contributed by atoms with Gasteiger partial charge in [0.2, 0.25) is 11.8 Å². The van der Waals surface area contributed by atoms with Crippen molar-refractivity contribution in [3.63, 3.8) is 0 Å². The van der Waals surface area contributed by atoms with E-state index in [2.05, 4.69) is 21.3 Å². The van der Waals surface area contributed by atoms with Crippen LogP contribution in [0.2, 0.25) is 0 Å². The average Bonchev–Trinajstić information content (AvgIpc) is 2.71. The van der Waals surface area contributed by atoms with Crippen LogP contribution >= 0.6 is 0 Å². The van der Waals surface area contributed by atoms with Crippen LogP contribution in [-0.2, 0) is 25.7 Å². The van der Waals surface area contributed by atoms with Gasteiger partial charge in [0.05, 0.1) is 5.56 Å². The zero-order valence-electron chi connectivity index (χ0n) is 17.9. The zero-order valence-corrected chi connectivity index (χ0v) is 17.9. The summed E-state index contributed by atoms with van der Waals surface area (Å²) < 4.78 is 5.13. The standard InChI is InChI=1S/C22H24N4O6/c1-13(20(29)26-22(31)23-12-16-7-5-4-6-8-16)32-21(30)17-9-18(24-14(2)27)11-19(10-17)25-15(3)28/h4-11,13H,12H2,1-3H3,(H,24,27)(H,25,28)(H2,23,26,29,31)/t13-/m0/s1. The molecule has 10 nitrogen and oxygen atoms in total. The van der Waals surface area contributed by atoms with E-state index in [1.807, 2.05) is 30.3 Å². The molecule has 2 rings (SSSR count). The maximum atomic E-state index is 12.5. The number of benzene rings is 2. The Balaban J connectivity index is 1.99. The lowest BCUT2D eigenvalue weighted by molar-refractivity contribution is -0.128. The molecule has 0 saturated carbocycles. The van der Waals surface area contributed by atoms with E-state index in [4.69, 9.17) is 4.74 Å². The summed E-state index contributed by atoms with van der Waals surface area (Å²) in [5, 5.41) is 9.66. The predicted octanol–water partition coefficient (Wildman–Crippen LogP) is 2.17. The first kappa shape index (κ1) is 24.1. The Bertz CT molecular complexity index is 988. The fourth-order valence-electron chi connectivity index (χ4n) is 2.61. The van der Waals surface area contributed by atoms with Gasteiger partial charge in [0.15, 0.2) is 6.10 Å². The summed E-state index contributed by atoms with van der Waals surface area (Å²) in [6.45, 7) is 4.11. The normalized spacial score (nSPS) is 11.0. The lowest BCUT2D eigenvalue weighted by Crippen LogP contribution is -2.44. The molecule has 10 heteroatoms. The molecule has 0 aliphatic carbocycles. The number of hydrogen-bond acceptors (Lipinski definition) is 6. The molecule has 168 valence electrons. The Kier molecular flexibility index (Phi) is 8.46. The van der Waals surface area contributed by atoms with Crippen molar-refractivity contribution in [1.82, 2.24) is 10.6 Å². The third kappa shape index (κ3) is 7.90. The van der Waals surface area contributed by atoms with Gasteiger partial charge >= 0.3 is 12.0 Å². The van der Waals surface area contributed by atoms with Crippen LogP contribution in [-0.4, -0.2) is 35.8 Å². The molecule has 0 heterocycles. The smallest absolute Gasteiger partial charge is 0.339 e. The zero-order chi connectivity index (χ0) is 23.7. The largest absolute Gasteiger partial charge is 0.449 e. The van der Waals surface area contributed by atoms with E-state index in [9.17, 15) is 24.0 Å². The minimum absolute atomic E-state index is 0.00632. The molecule has 0 saturated heterocycles. The summed E-state index contributed by atoms with van der Waals surface area (Å²) >= 11 is 0. The Labute approximate surface area is 184 Å². The average molecular weight is 440 g/mol. The van der Waals surface area contributed by atoms with Crippen molar-refractivity contribution in [2.24, 2.45) is 0 Å². The highest BCUT2D eigenvalue weighted by Gasteiger charge is 2.21. The summed E-state index contributed by atoms with van der Waals surface area (Å²) in [6, 6.07) is 12.5. The Morgan fingerprint density at radius 2 is 1.44 bits per heavy atom. The van der Waals surface area contributed by atoms with Crippen molar-refractivity contribution in [1.29, 1.82) is 0 Å². The first-order chi connectivity index (χ1) is 15.1.